The van der Waals surface area contributed by atoms with Crippen LogP contribution in [-0.4, -0.2) is 44.0 Å². The molecule has 0 aromatic heterocycles. The third-order valence-electron chi connectivity index (χ3n) is 5.65. The number of amides is 2. The van der Waals surface area contributed by atoms with Gasteiger partial charge in [0, 0.05) is 15.7 Å². The van der Waals surface area contributed by atoms with Gasteiger partial charge in [0.1, 0.15) is 0 Å². The number of aryl methyl sites for hydroxylation is 1. The Kier molecular flexibility index (Phi) is 5.32. The molecule has 2 aromatic rings. The molecule has 28 heavy (non-hydrogen) atoms. The van der Waals surface area contributed by atoms with Crippen LogP contribution >= 0.6 is 23.2 Å². The molecule has 4 rings (SSSR count). The molecular formula is C21H22Cl2N3O2+. The van der Waals surface area contributed by atoms with Crippen LogP contribution in [0.3, 0.4) is 0 Å². The minimum absolute atomic E-state index is 0.125. The van der Waals surface area contributed by atoms with Crippen LogP contribution in [0.25, 0.3) is 0 Å². The zero-order valence-corrected chi connectivity index (χ0v) is 17.1. The van der Waals surface area contributed by atoms with Crippen molar-refractivity contribution in [2.45, 2.75) is 19.4 Å². The van der Waals surface area contributed by atoms with E-state index >= 15 is 0 Å². The van der Waals surface area contributed by atoms with Crippen LogP contribution in [0.5, 0.6) is 0 Å². The van der Waals surface area contributed by atoms with Crippen LogP contribution in [0, 0.1) is 6.92 Å². The summed E-state index contributed by atoms with van der Waals surface area (Å²) in [6.07, 6.45) is 0.251. The van der Waals surface area contributed by atoms with Crippen molar-refractivity contribution in [3.63, 3.8) is 0 Å². The molecule has 2 amide bonds. The van der Waals surface area contributed by atoms with E-state index in [2.05, 4.69) is 4.90 Å². The van der Waals surface area contributed by atoms with Crippen LogP contribution in [0.1, 0.15) is 12.0 Å². The van der Waals surface area contributed by atoms with Gasteiger partial charge in [-0.15, -0.1) is 0 Å². The van der Waals surface area contributed by atoms with Crippen LogP contribution in [0.2, 0.25) is 10.0 Å². The number of carbonyl (C=O) groups is 2. The van der Waals surface area contributed by atoms with E-state index in [-0.39, 0.29) is 24.3 Å². The van der Waals surface area contributed by atoms with Crippen molar-refractivity contribution in [2.24, 2.45) is 0 Å². The molecule has 5 nitrogen and oxygen atoms in total. The summed E-state index contributed by atoms with van der Waals surface area (Å²) in [7, 11) is 0. The number of nitrogens with zero attached hydrogens (tertiary/aromatic N) is 2. The maximum atomic E-state index is 13.0. The fourth-order valence-electron chi connectivity index (χ4n) is 4.00. The Morgan fingerprint density at radius 2 is 1.61 bits per heavy atom. The molecule has 1 atom stereocenters. The van der Waals surface area contributed by atoms with Gasteiger partial charge in [-0.1, -0.05) is 29.3 Å². The summed E-state index contributed by atoms with van der Waals surface area (Å²) in [6, 6.07) is 12.8. The molecule has 2 fully saturated rings. The summed E-state index contributed by atoms with van der Waals surface area (Å²) in [4.78, 5) is 30.4. The monoisotopic (exact) mass is 418 g/mol. The molecule has 1 N–H and O–H groups in total. The largest absolute Gasteiger partial charge is 0.360 e. The van der Waals surface area contributed by atoms with Crippen molar-refractivity contribution in [3.05, 3.63) is 58.1 Å². The van der Waals surface area contributed by atoms with Gasteiger partial charge >= 0.3 is 0 Å². The van der Waals surface area contributed by atoms with Crippen LogP contribution in [0.15, 0.2) is 42.5 Å². The minimum atomic E-state index is -0.319. The maximum absolute atomic E-state index is 13.0. The summed E-state index contributed by atoms with van der Waals surface area (Å²) >= 11 is 12.2. The van der Waals surface area contributed by atoms with Gasteiger partial charge in [-0.2, -0.15) is 0 Å². The van der Waals surface area contributed by atoms with Crippen LogP contribution in [-0.2, 0) is 9.59 Å². The number of rotatable bonds is 3. The number of nitrogens with one attached hydrogen (secondary N) is 1. The van der Waals surface area contributed by atoms with Crippen molar-refractivity contribution in [1.29, 1.82) is 0 Å². The first-order valence-electron chi connectivity index (χ1n) is 9.42. The Balaban J connectivity index is 1.44. The fourth-order valence-corrected chi connectivity index (χ4v) is 4.30. The molecule has 2 heterocycles. The van der Waals surface area contributed by atoms with Gasteiger partial charge in [0.15, 0.2) is 6.04 Å². The second-order valence-corrected chi connectivity index (χ2v) is 8.22. The number of hydrogen-bond acceptors (Lipinski definition) is 3. The first-order chi connectivity index (χ1) is 13.4. The fraction of sp³-hybridized carbons (Fsp3) is 0.333. The highest BCUT2D eigenvalue weighted by Crippen LogP contribution is 2.27. The maximum Gasteiger partial charge on any atom is 0.292 e. The van der Waals surface area contributed by atoms with Crippen LogP contribution in [0.4, 0.5) is 11.4 Å². The molecule has 0 spiro atoms. The Bertz CT molecular complexity index is 908. The van der Waals surface area contributed by atoms with Gasteiger partial charge < -0.3 is 9.80 Å². The highest BCUT2D eigenvalue weighted by atomic mass is 35.5. The topological polar surface area (TPSA) is 45.1 Å². The van der Waals surface area contributed by atoms with Gasteiger partial charge in [0.25, 0.3) is 5.91 Å². The Hall–Kier alpha value is -2.08. The molecular weight excluding hydrogens is 397 g/mol. The zero-order valence-electron chi connectivity index (χ0n) is 15.6. The molecule has 0 bridgehead atoms. The van der Waals surface area contributed by atoms with E-state index in [4.69, 9.17) is 23.2 Å². The average Bonchev–Trinajstić information content (AvgIpc) is 2.99. The number of carbonyl (C=O) groups excluding carboxylic acids is 2. The molecule has 2 aliphatic heterocycles. The van der Waals surface area contributed by atoms with Gasteiger partial charge in [0.05, 0.1) is 38.3 Å². The lowest BCUT2D eigenvalue weighted by Gasteiger charge is -2.35. The molecule has 0 radical (unpaired) electrons. The lowest BCUT2D eigenvalue weighted by molar-refractivity contribution is -0.915. The molecule has 0 unspecified atom stereocenters. The van der Waals surface area contributed by atoms with E-state index in [9.17, 15) is 9.59 Å². The molecule has 2 saturated heterocycles. The SMILES string of the molecule is Cc1ccc(N2C(=O)C[C@@H]([NH+]3CCN(c4ccc(Cl)cc4)CC3)C2=O)cc1Cl. The molecule has 2 aliphatic rings. The molecule has 0 saturated carbocycles. The quantitative estimate of drug-likeness (QED) is 0.777. The van der Waals surface area contributed by atoms with E-state index in [1.807, 2.05) is 37.3 Å². The Morgan fingerprint density at radius 1 is 0.964 bits per heavy atom. The number of imide groups is 1. The molecule has 0 aliphatic carbocycles. The number of benzene rings is 2. The second kappa shape index (κ2) is 7.74. The zero-order chi connectivity index (χ0) is 19.8. The number of halogens is 2. The number of anilines is 2. The summed E-state index contributed by atoms with van der Waals surface area (Å²) in [5.41, 5.74) is 2.62. The summed E-state index contributed by atoms with van der Waals surface area (Å²) < 4.78 is 0. The van der Waals surface area contributed by atoms with E-state index < -0.39 is 0 Å². The van der Waals surface area contributed by atoms with Gasteiger partial charge in [-0.05, 0) is 48.9 Å². The average molecular weight is 419 g/mol. The predicted octanol–water partition coefficient (Wildman–Crippen LogP) is 2.34. The highest BCUT2D eigenvalue weighted by molar-refractivity contribution is 6.32. The van der Waals surface area contributed by atoms with E-state index in [1.54, 1.807) is 12.1 Å². The number of hydrogen-bond donors (Lipinski definition) is 1. The van der Waals surface area contributed by atoms with Gasteiger partial charge in [-0.3, -0.25) is 9.59 Å². The Morgan fingerprint density at radius 3 is 2.25 bits per heavy atom. The third-order valence-corrected chi connectivity index (χ3v) is 6.31. The molecule has 7 heteroatoms. The van der Waals surface area contributed by atoms with Crippen molar-refractivity contribution < 1.29 is 14.5 Å². The van der Waals surface area contributed by atoms with Crippen molar-refractivity contribution >= 4 is 46.4 Å². The molecule has 146 valence electrons. The van der Waals surface area contributed by atoms with Gasteiger partial charge in [0.2, 0.25) is 5.91 Å². The smallest absolute Gasteiger partial charge is 0.292 e. The van der Waals surface area contributed by atoms with E-state index in [1.165, 1.54) is 9.80 Å². The van der Waals surface area contributed by atoms with Crippen LogP contribution < -0.4 is 14.7 Å². The number of quaternary nitrogens is 1. The Labute approximate surface area is 174 Å². The summed E-state index contributed by atoms with van der Waals surface area (Å²) in [6.45, 7) is 5.20. The standard InChI is InChI=1S/C21H21Cl2N3O2/c1-14-2-5-17(12-18(14)23)26-20(27)13-19(21(26)28)25-10-8-24(9-11-25)16-6-3-15(22)4-7-16/h2-7,12,19H,8-11,13H2,1H3/p+1/t19-/m1/s1. The normalized spacial score (nSPS) is 20.9. The highest BCUT2D eigenvalue weighted by Gasteiger charge is 2.46. The number of piperazine rings is 1. The van der Waals surface area contributed by atoms with Crippen molar-refractivity contribution in [1.82, 2.24) is 0 Å². The first-order valence-corrected chi connectivity index (χ1v) is 10.2. The first kappa shape index (κ1) is 19.2. The summed E-state index contributed by atoms with van der Waals surface area (Å²) in [5, 5.41) is 1.28. The third kappa shape index (κ3) is 3.62. The van der Waals surface area contributed by atoms with Crippen molar-refractivity contribution in [2.75, 3.05) is 36.0 Å². The lowest BCUT2D eigenvalue weighted by Crippen LogP contribution is -3.19. The minimum Gasteiger partial charge on any atom is -0.360 e. The summed E-state index contributed by atoms with van der Waals surface area (Å²) in [5.74, 6) is -0.276. The predicted molar refractivity (Wildman–Crippen MR) is 111 cm³/mol. The lowest BCUT2D eigenvalue weighted by atomic mass is 10.1. The van der Waals surface area contributed by atoms with Gasteiger partial charge in [-0.25, -0.2) is 4.90 Å². The van der Waals surface area contributed by atoms with Crippen molar-refractivity contribution in [3.8, 4) is 0 Å². The van der Waals surface area contributed by atoms with E-state index in [0.29, 0.717) is 10.7 Å². The molecule has 2 aromatic carbocycles. The second-order valence-electron chi connectivity index (χ2n) is 7.38. The van der Waals surface area contributed by atoms with E-state index in [0.717, 1.165) is 42.5 Å².